The Labute approximate surface area is 117 Å². The Morgan fingerprint density at radius 1 is 1.58 bits per heavy atom. The standard InChI is InChI=1S/C13H19N3O2S/c1-8(2)5-6-16(3)12-9(7-14)10(15)11(19-12)13(17)18-4/h8H,5-6,15H2,1-4H3. The first-order chi connectivity index (χ1) is 8.92. The van der Waals surface area contributed by atoms with Crippen molar-refractivity contribution < 1.29 is 9.53 Å². The molecule has 0 fully saturated rings. The second kappa shape index (κ2) is 6.43. The minimum atomic E-state index is -0.498. The van der Waals surface area contributed by atoms with E-state index >= 15 is 0 Å². The molecule has 19 heavy (non-hydrogen) atoms. The number of anilines is 2. The number of nitriles is 1. The molecule has 1 aromatic heterocycles. The lowest BCUT2D eigenvalue weighted by molar-refractivity contribution is 0.0607. The van der Waals surface area contributed by atoms with Gasteiger partial charge in [-0.15, -0.1) is 11.3 Å². The van der Waals surface area contributed by atoms with Crippen LogP contribution in [0.3, 0.4) is 0 Å². The van der Waals surface area contributed by atoms with Gasteiger partial charge in [0.2, 0.25) is 0 Å². The number of esters is 1. The zero-order chi connectivity index (χ0) is 14.6. The van der Waals surface area contributed by atoms with Crippen molar-refractivity contribution in [2.45, 2.75) is 20.3 Å². The van der Waals surface area contributed by atoms with Gasteiger partial charge in [-0.1, -0.05) is 13.8 Å². The molecule has 0 aliphatic carbocycles. The average Bonchev–Trinajstić information content (AvgIpc) is 2.72. The fourth-order valence-electron chi connectivity index (χ4n) is 1.61. The summed E-state index contributed by atoms with van der Waals surface area (Å²) in [6.07, 6.45) is 1.01. The SMILES string of the molecule is COC(=O)c1sc(N(C)CCC(C)C)c(C#N)c1N. The van der Waals surface area contributed by atoms with Crippen LogP contribution in [0.1, 0.15) is 35.5 Å². The molecule has 0 amide bonds. The molecule has 0 spiro atoms. The fourth-order valence-corrected chi connectivity index (χ4v) is 2.68. The number of ether oxygens (including phenoxy) is 1. The number of nitrogen functional groups attached to an aromatic ring is 1. The first kappa shape index (κ1) is 15.3. The Bertz CT molecular complexity index is 503. The van der Waals surface area contributed by atoms with Gasteiger partial charge in [-0.3, -0.25) is 0 Å². The van der Waals surface area contributed by atoms with Gasteiger partial charge in [0.15, 0.2) is 0 Å². The van der Waals surface area contributed by atoms with Crippen LogP contribution in [0.2, 0.25) is 0 Å². The topological polar surface area (TPSA) is 79.3 Å². The van der Waals surface area contributed by atoms with Crippen molar-refractivity contribution in [2.75, 3.05) is 31.3 Å². The molecule has 6 heteroatoms. The molecule has 1 rings (SSSR count). The predicted octanol–water partition coefficient (Wildman–Crippen LogP) is 2.47. The first-order valence-corrected chi connectivity index (χ1v) is 6.85. The number of hydrogen-bond donors (Lipinski definition) is 1. The van der Waals surface area contributed by atoms with Crippen LogP contribution in [0.5, 0.6) is 0 Å². The van der Waals surface area contributed by atoms with Gasteiger partial charge in [-0.25, -0.2) is 4.79 Å². The van der Waals surface area contributed by atoms with Gasteiger partial charge in [0.1, 0.15) is 21.5 Å². The number of rotatable bonds is 5. The van der Waals surface area contributed by atoms with E-state index in [1.54, 1.807) is 0 Å². The first-order valence-electron chi connectivity index (χ1n) is 6.04. The average molecular weight is 281 g/mol. The maximum Gasteiger partial charge on any atom is 0.350 e. The summed E-state index contributed by atoms with van der Waals surface area (Å²) in [6.45, 7) is 5.09. The summed E-state index contributed by atoms with van der Waals surface area (Å²) >= 11 is 1.21. The number of hydrogen-bond acceptors (Lipinski definition) is 6. The van der Waals surface area contributed by atoms with E-state index in [2.05, 4.69) is 24.7 Å². The molecule has 0 aliphatic heterocycles. The second-order valence-electron chi connectivity index (χ2n) is 4.73. The Balaban J connectivity index is 3.07. The van der Waals surface area contributed by atoms with Crippen molar-refractivity contribution in [1.82, 2.24) is 0 Å². The van der Waals surface area contributed by atoms with Crippen molar-refractivity contribution in [1.29, 1.82) is 5.26 Å². The highest BCUT2D eigenvalue weighted by atomic mass is 32.1. The lowest BCUT2D eigenvalue weighted by Gasteiger charge is -2.18. The summed E-state index contributed by atoms with van der Waals surface area (Å²) in [6, 6.07) is 2.07. The third-order valence-corrected chi connectivity index (χ3v) is 4.10. The smallest absolute Gasteiger partial charge is 0.350 e. The van der Waals surface area contributed by atoms with Gasteiger partial charge >= 0.3 is 5.97 Å². The molecule has 104 valence electrons. The summed E-state index contributed by atoms with van der Waals surface area (Å²) in [5.41, 5.74) is 6.42. The van der Waals surface area contributed by atoms with E-state index in [9.17, 15) is 10.1 Å². The van der Waals surface area contributed by atoms with E-state index in [-0.39, 0.29) is 5.69 Å². The number of nitrogens with zero attached hydrogens (tertiary/aromatic N) is 2. The van der Waals surface area contributed by atoms with E-state index in [0.717, 1.165) is 18.0 Å². The van der Waals surface area contributed by atoms with Crippen LogP contribution in [0.25, 0.3) is 0 Å². The normalized spacial score (nSPS) is 10.3. The van der Waals surface area contributed by atoms with Crippen molar-refractivity contribution in [2.24, 2.45) is 5.92 Å². The van der Waals surface area contributed by atoms with Gasteiger partial charge in [-0.05, 0) is 12.3 Å². The van der Waals surface area contributed by atoms with Gasteiger partial charge in [0, 0.05) is 13.6 Å². The van der Waals surface area contributed by atoms with Crippen LogP contribution >= 0.6 is 11.3 Å². The van der Waals surface area contributed by atoms with Crippen LogP contribution in [-0.4, -0.2) is 26.7 Å². The van der Waals surface area contributed by atoms with Crippen LogP contribution in [0.4, 0.5) is 10.7 Å². The highest BCUT2D eigenvalue weighted by Crippen LogP contribution is 2.37. The monoisotopic (exact) mass is 281 g/mol. The Hall–Kier alpha value is -1.74. The summed E-state index contributed by atoms with van der Waals surface area (Å²) in [4.78, 5) is 13.8. The molecule has 0 bridgehead atoms. The maximum absolute atomic E-state index is 11.6. The molecule has 0 aromatic carbocycles. The minimum Gasteiger partial charge on any atom is -0.465 e. The molecule has 0 aliphatic rings. The molecule has 0 saturated heterocycles. The molecule has 5 nitrogen and oxygen atoms in total. The van der Waals surface area contributed by atoms with Crippen LogP contribution in [-0.2, 0) is 4.74 Å². The summed E-state index contributed by atoms with van der Waals surface area (Å²) in [5.74, 6) is 0.0767. The third-order valence-electron chi connectivity index (χ3n) is 2.80. The zero-order valence-electron chi connectivity index (χ0n) is 11.7. The predicted molar refractivity (Wildman–Crippen MR) is 77.5 cm³/mol. The lowest BCUT2D eigenvalue weighted by Crippen LogP contribution is -2.19. The van der Waals surface area contributed by atoms with E-state index in [0.29, 0.717) is 16.4 Å². The zero-order valence-corrected chi connectivity index (χ0v) is 12.5. The lowest BCUT2D eigenvalue weighted by atomic mass is 10.1. The van der Waals surface area contributed by atoms with Crippen LogP contribution < -0.4 is 10.6 Å². The molecule has 0 unspecified atom stereocenters. The summed E-state index contributed by atoms with van der Waals surface area (Å²) < 4.78 is 4.67. The van der Waals surface area contributed by atoms with Gasteiger partial charge in [0.05, 0.1) is 12.8 Å². The molecule has 1 aromatic rings. The van der Waals surface area contributed by atoms with Crippen molar-refractivity contribution >= 4 is 28.0 Å². The molecule has 2 N–H and O–H groups in total. The Kier molecular flexibility index (Phi) is 5.19. The van der Waals surface area contributed by atoms with Gasteiger partial charge in [-0.2, -0.15) is 5.26 Å². The number of methoxy groups -OCH3 is 1. The number of nitrogens with two attached hydrogens (primary N) is 1. The number of carbonyl (C=O) groups is 1. The largest absolute Gasteiger partial charge is 0.465 e. The van der Waals surface area contributed by atoms with E-state index < -0.39 is 5.97 Å². The highest BCUT2D eigenvalue weighted by Gasteiger charge is 2.23. The summed E-state index contributed by atoms with van der Waals surface area (Å²) in [7, 11) is 3.20. The van der Waals surface area contributed by atoms with Crippen molar-refractivity contribution in [3.05, 3.63) is 10.4 Å². The highest BCUT2D eigenvalue weighted by molar-refractivity contribution is 7.18. The number of thiophene rings is 1. The van der Waals surface area contributed by atoms with E-state index in [1.165, 1.54) is 18.4 Å². The molecular weight excluding hydrogens is 262 g/mol. The minimum absolute atomic E-state index is 0.214. The molecule has 0 atom stereocenters. The molecule has 0 radical (unpaired) electrons. The van der Waals surface area contributed by atoms with Crippen molar-refractivity contribution in [3.8, 4) is 6.07 Å². The Morgan fingerprint density at radius 2 is 2.21 bits per heavy atom. The summed E-state index contributed by atoms with van der Waals surface area (Å²) in [5, 5.41) is 9.91. The maximum atomic E-state index is 11.6. The molecule has 0 saturated carbocycles. The molecular formula is C13H19N3O2S. The Morgan fingerprint density at radius 3 is 2.68 bits per heavy atom. The van der Waals surface area contributed by atoms with Gasteiger partial charge in [0.25, 0.3) is 0 Å². The molecule has 1 heterocycles. The second-order valence-corrected chi connectivity index (χ2v) is 5.73. The number of carbonyl (C=O) groups excluding carboxylic acids is 1. The van der Waals surface area contributed by atoms with E-state index in [4.69, 9.17) is 5.73 Å². The van der Waals surface area contributed by atoms with Crippen LogP contribution in [0.15, 0.2) is 0 Å². The van der Waals surface area contributed by atoms with Crippen LogP contribution in [0, 0.1) is 17.2 Å². The third kappa shape index (κ3) is 3.38. The van der Waals surface area contributed by atoms with Gasteiger partial charge < -0.3 is 15.4 Å². The van der Waals surface area contributed by atoms with E-state index in [1.807, 2.05) is 11.9 Å². The van der Waals surface area contributed by atoms with Crippen molar-refractivity contribution in [3.63, 3.8) is 0 Å². The quantitative estimate of drug-likeness (QED) is 0.839. The fraction of sp³-hybridized carbons (Fsp3) is 0.538.